The van der Waals surface area contributed by atoms with Crippen LogP contribution in [0.3, 0.4) is 0 Å². The summed E-state index contributed by atoms with van der Waals surface area (Å²) in [5.74, 6) is -0.334. The molecule has 0 aromatic rings. The Balaban J connectivity index is -0.000000180. The highest BCUT2D eigenvalue weighted by Gasteiger charge is 1.97. The zero-order valence-electron chi connectivity index (χ0n) is 3.36. The Labute approximate surface area is 60.8 Å². The molecule has 0 aromatic heterocycles. The summed E-state index contributed by atoms with van der Waals surface area (Å²) in [6.07, 6.45) is 0. The third-order valence-corrected chi connectivity index (χ3v) is 1.54. The van der Waals surface area contributed by atoms with Gasteiger partial charge >= 0.3 is 0 Å². The first-order valence-electron chi connectivity index (χ1n) is 1.38. The van der Waals surface area contributed by atoms with Gasteiger partial charge in [0, 0.05) is 11.2 Å². The Hall–Kier alpha value is 0.250. The number of hydrogen-bond donors (Lipinski definition) is 2. The Bertz CT molecular complexity index is 120. The molecule has 0 amide bonds. The Morgan fingerprint density at radius 2 is 2.00 bits per heavy atom. The number of hydrogen-bond acceptors (Lipinski definition) is 5. The minimum atomic E-state index is -2.99. The van der Waals surface area contributed by atoms with Crippen LogP contribution in [-0.4, -0.2) is 15.3 Å². The van der Waals surface area contributed by atoms with Gasteiger partial charge in [-0.2, -0.15) is 0 Å². The molecule has 0 bridgehead atoms. The van der Waals surface area contributed by atoms with Crippen LogP contribution in [0, 0.1) is 0 Å². The molecule has 0 spiro atoms. The molecule has 1 unspecified atom stereocenters. The lowest BCUT2D eigenvalue weighted by Crippen LogP contribution is -2.13. The van der Waals surface area contributed by atoms with E-state index in [4.69, 9.17) is 11.0 Å². The summed E-state index contributed by atoms with van der Waals surface area (Å²) in [5.41, 5.74) is 4.75. The normalized spacial score (nSPS) is 14.4. The maximum Gasteiger partial charge on any atom is 0.186 e. The van der Waals surface area contributed by atoms with Crippen LogP contribution in [-0.2, 0) is 24.3 Å². The molecule has 0 aliphatic rings. The fraction of sp³-hybridized carbons (Fsp3) is 1.00. The van der Waals surface area contributed by atoms with E-state index in [0.717, 1.165) is 0 Å². The molecule has 3 N–H and O–H groups in total. The lowest BCUT2D eigenvalue weighted by atomic mass is 11.6. The van der Waals surface area contributed by atoms with Crippen molar-refractivity contribution in [2.24, 2.45) is 5.73 Å². The minimum Gasteiger partial charge on any atom is -0.318 e. The largest absolute Gasteiger partial charge is 0.318 e. The molecule has 0 aliphatic heterocycles. The molecule has 0 saturated heterocycles. The average molecular weight is 175 g/mol. The van der Waals surface area contributed by atoms with E-state index in [9.17, 15) is 4.21 Å². The molecule has 0 aliphatic carbocycles. The fourth-order valence-corrected chi connectivity index (χ4v) is 0.0913. The molecular formula is C3H13NO3S2. The highest BCUT2D eigenvalue weighted by atomic mass is 32.8. The topological polar surface area (TPSA) is 72.6 Å². The summed E-state index contributed by atoms with van der Waals surface area (Å²) in [6, 6.07) is 0. The van der Waals surface area contributed by atoms with Crippen LogP contribution in [0.1, 0.15) is 14.9 Å². The molecule has 0 heterocycles. The van der Waals surface area contributed by atoms with Crippen molar-refractivity contribution in [2.75, 3.05) is 5.88 Å². The Morgan fingerprint density at radius 3 is 2.00 bits per heavy atom. The van der Waals surface area contributed by atoms with Gasteiger partial charge in [0.25, 0.3) is 0 Å². The van der Waals surface area contributed by atoms with Gasteiger partial charge in [-0.1, -0.05) is 14.9 Å². The summed E-state index contributed by atoms with van der Waals surface area (Å²) in [7, 11) is -2.99. The highest BCUT2D eigenvalue weighted by Crippen LogP contribution is 1.82. The van der Waals surface area contributed by atoms with Crippen LogP contribution in [0.4, 0.5) is 0 Å². The number of rotatable bonds is 2. The molecule has 1 atom stereocenters. The van der Waals surface area contributed by atoms with Crippen molar-refractivity contribution in [3.05, 3.63) is 0 Å². The van der Waals surface area contributed by atoms with E-state index >= 15 is 0 Å². The minimum absolute atomic E-state index is 0. The quantitative estimate of drug-likeness (QED) is 0.467. The summed E-state index contributed by atoms with van der Waals surface area (Å²) in [6.45, 7) is 0. The second kappa shape index (κ2) is 6.37. The molecular weight excluding hydrogens is 162 g/mol. The van der Waals surface area contributed by atoms with Gasteiger partial charge in [0.1, 0.15) is 0 Å². The van der Waals surface area contributed by atoms with Crippen LogP contribution in [0.25, 0.3) is 0 Å². The van der Waals surface area contributed by atoms with E-state index in [-0.39, 0.29) is 20.7 Å². The van der Waals surface area contributed by atoms with Crippen molar-refractivity contribution in [3.8, 4) is 0 Å². The standard InChI is InChI=1S/CH5NO3S2.2CH4/c2-1-7(4,6)5-3;;/h3H,1-2H2;2*1H4. The van der Waals surface area contributed by atoms with Crippen molar-refractivity contribution >= 4 is 20.0 Å². The molecule has 0 fully saturated rings. The summed E-state index contributed by atoms with van der Waals surface area (Å²) in [5, 5.41) is 7.63. The smallest absolute Gasteiger partial charge is 0.186 e. The second-order valence-corrected chi connectivity index (χ2v) is 3.92. The predicted octanol–water partition coefficient (Wildman–Crippen LogP) is 0.326. The van der Waals surface area contributed by atoms with Crippen LogP contribution >= 0.6 is 0 Å². The van der Waals surface area contributed by atoms with Crippen LogP contribution < -0.4 is 5.73 Å². The Kier molecular flexibility index (Phi) is 11.4. The third kappa shape index (κ3) is 8.25. The van der Waals surface area contributed by atoms with Gasteiger partial charge in [-0.05, 0) is 0 Å². The average Bonchev–Trinajstić information content (AvgIpc) is 1.68. The van der Waals surface area contributed by atoms with Gasteiger partial charge in [-0.15, -0.1) is 4.33 Å². The molecule has 0 aromatic carbocycles. The monoisotopic (exact) mass is 175 g/mol. The van der Waals surface area contributed by atoms with Crippen LogP contribution in [0.5, 0.6) is 0 Å². The zero-order valence-corrected chi connectivity index (χ0v) is 5.00. The Morgan fingerprint density at radius 1 is 1.67 bits per heavy atom. The maximum absolute atomic E-state index is 10.1. The van der Waals surface area contributed by atoms with Gasteiger partial charge < -0.3 is 5.73 Å². The lowest BCUT2D eigenvalue weighted by molar-refractivity contribution is -0.124. The first-order chi connectivity index (χ1) is 3.12. The number of nitrogens with two attached hydrogens (primary N) is 1. The SMILES string of the molecule is C.C.NCS(=O)(=S)OO. The van der Waals surface area contributed by atoms with Crippen molar-refractivity contribution in [2.45, 2.75) is 14.9 Å². The molecule has 0 rings (SSSR count). The van der Waals surface area contributed by atoms with E-state index in [1.54, 1.807) is 0 Å². The zero-order chi connectivity index (χ0) is 5.91. The molecule has 6 heteroatoms. The van der Waals surface area contributed by atoms with Crippen molar-refractivity contribution < 1.29 is 13.8 Å². The van der Waals surface area contributed by atoms with Gasteiger partial charge in [0.15, 0.2) is 8.77 Å². The van der Waals surface area contributed by atoms with Crippen molar-refractivity contribution in [1.82, 2.24) is 0 Å². The molecule has 9 heavy (non-hydrogen) atoms. The lowest BCUT2D eigenvalue weighted by Gasteiger charge is -1.92. The molecule has 4 nitrogen and oxygen atoms in total. The van der Waals surface area contributed by atoms with E-state index in [1.165, 1.54) is 0 Å². The predicted molar refractivity (Wildman–Crippen MR) is 41.7 cm³/mol. The van der Waals surface area contributed by atoms with Crippen molar-refractivity contribution in [1.29, 1.82) is 0 Å². The fourth-order valence-electron chi connectivity index (χ4n) is 0.0304. The first kappa shape index (κ1) is 16.1. The van der Waals surface area contributed by atoms with Gasteiger partial charge in [0.2, 0.25) is 0 Å². The molecule has 0 saturated carbocycles. The van der Waals surface area contributed by atoms with Gasteiger partial charge in [0.05, 0.1) is 5.88 Å². The van der Waals surface area contributed by atoms with E-state index < -0.39 is 8.77 Å². The van der Waals surface area contributed by atoms with Crippen LogP contribution in [0.15, 0.2) is 0 Å². The van der Waals surface area contributed by atoms with E-state index in [2.05, 4.69) is 15.5 Å². The highest BCUT2D eigenvalue weighted by molar-refractivity contribution is 8.30. The van der Waals surface area contributed by atoms with Gasteiger partial charge in [-0.3, -0.25) is 0 Å². The molecule has 60 valence electrons. The summed E-state index contributed by atoms with van der Waals surface area (Å²) < 4.78 is 13.4. The van der Waals surface area contributed by atoms with E-state index in [0.29, 0.717) is 0 Å². The van der Waals surface area contributed by atoms with Crippen molar-refractivity contribution in [3.63, 3.8) is 0 Å². The van der Waals surface area contributed by atoms with E-state index in [1.807, 2.05) is 0 Å². The van der Waals surface area contributed by atoms with Crippen LogP contribution in [0.2, 0.25) is 0 Å². The summed E-state index contributed by atoms with van der Waals surface area (Å²) >= 11 is 4.08. The third-order valence-electron chi connectivity index (χ3n) is 0.318. The first-order valence-corrected chi connectivity index (χ1v) is 3.96. The maximum atomic E-state index is 10.1. The van der Waals surface area contributed by atoms with Gasteiger partial charge in [-0.25, -0.2) is 9.47 Å². The summed E-state index contributed by atoms with van der Waals surface area (Å²) in [4.78, 5) is 0. The second-order valence-electron chi connectivity index (χ2n) is 0.799. The molecule has 0 radical (unpaired) electrons.